The van der Waals surface area contributed by atoms with E-state index in [1.807, 2.05) is 0 Å². The molecule has 1 aliphatic rings. The normalized spacial score (nSPS) is 18.6. The Kier molecular flexibility index (Phi) is 3.44. The van der Waals surface area contributed by atoms with Crippen molar-refractivity contribution in [2.75, 3.05) is 12.9 Å². The first-order valence-corrected chi connectivity index (χ1v) is 7.04. The molecule has 0 aromatic heterocycles. The van der Waals surface area contributed by atoms with Crippen LogP contribution in [0, 0.1) is 0 Å². The van der Waals surface area contributed by atoms with Crippen molar-refractivity contribution in [3.63, 3.8) is 0 Å². The molecule has 1 aromatic carbocycles. The predicted molar refractivity (Wildman–Crippen MR) is 63.2 cm³/mol. The highest BCUT2D eigenvalue weighted by atomic mass is 32.2. The van der Waals surface area contributed by atoms with Crippen LogP contribution in [0.2, 0.25) is 0 Å². The molecule has 0 atom stereocenters. The second-order valence-corrected chi connectivity index (χ2v) is 6.15. The largest absolute Gasteiger partial charge is 0.465 e. The summed E-state index contributed by atoms with van der Waals surface area (Å²) < 4.78 is 66.8. The van der Waals surface area contributed by atoms with Crippen LogP contribution in [0.4, 0.5) is 13.2 Å². The number of hydrogen-bond acceptors (Lipinski definition) is 6. The van der Waals surface area contributed by atoms with Gasteiger partial charge in [0, 0.05) is 5.56 Å². The van der Waals surface area contributed by atoms with Crippen LogP contribution in [0.3, 0.4) is 0 Å². The standard InChI is InChI=1S/C11H8F3NO5S/c1-20-10(16)5-3-9-6(2-7(5)11(12,13)14)8(15-17)4-21(9,18)19/h2-3,17H,4H2,1H3/b15-8+. The molecule has 0 bridgehead atoms. The zero-order valence-corrected chi connectivity index (χ0v) is 11.2. The second kappa shape index (κ2) is 4.72. The quantitative estimate of drug-likeness (QED) is 0.480. The van der Waals surface area contributed by atoms with Crippen molar-refractivity contribution in [1.29, 1.82) is 0 Å². The number of carbonyl (C=O) groups is 1. The predicted octanol–water partition coefficient (Wildman–Crippen LogP) is 1.46. The minimum atomic E-state index is -4.90. The summed E-state index contributed by atoms with van der Waals surface area (Å²) >= 11 is 0. The minimum Gasteiger partial charge on any atom is -0.465 e. The minimum absolute atomic E-state index is 0.377. The molecule has 0 fully saturated rings. The number of sulfone groups is 1. The van der Waals surface area contributed by atoms with Gasteiger partial charge in [-0.15, -0.1) is 0 Å². The van der Waals surface area contributed by atoms with E-state index < -0.39 is 49.5 Å². The van der Waals surface area contributed by atoms with Crippen LogP contribution in [0.15, 0.2) is 22.2 Å². The monoisotopic (exact) mass is 323 g/mol. The first-order valence-electron chi connectivity index (χ1n) is 5.39. The second-order valence-electron chi connectivity index (χ2n) is 4.19. The van der Waals surface area contributed by atoms with E-state index in [2.05, 4.69) is 9.89 Å². The van der Waals surface area contributed by atoms with Gasteiger partial charge in [-0.25, -0.2) is 13.2 Å². The molecule has 0 unspecified atom stereocenters. The Bertz CT molecular complexity index is 752. The van der Waals surface area contributed by atoms with Gasteiger partial charge in [0.2, 0.25) is 0 Å². The number of halogens is 3. The average molecular weight is 323 g/mol. The van der Waals surface area contributed by atoms with Crippen molar-refractivity contribution in [3.8, 4) is 0 Å². The van der Waals surface area contributed by atoms with E-state index in [0.717, 1.165) is 7.11 Å². The molecular formula is C11H8F3NO5S. The number of benzene rings is 1. The molecule has 0 aliphatic carbocycles. The van der Waals surface area contributed by atoms with E-state index in [4.69, 9.17) is 5.21 Å². The Balaban J connectivity index is 2.85. The van der Waals surface area contributed by atoms with E-state index in [9.17, 15) is 26.4 Å². The van der Waals surface area contributed by atoms with Gasteiger partial charge in [-0.05, 0) is 12.1 Å². The third-order valence-corrected chi connectivity index (χ3v) is 4.59. The number of esters is 1. The van der Waals surface area contributed by atoms with Crippen LogP contribution < -0.4 is 0 Å². The van der Waals surface area contributed by atoms with Crippen LogP contribution in [0.1, 0.15) is 21.5 Å². The molecule has 1 heterocycles. The molecule has 0 spiro atoms. The summed E-state index contributed by atoms with van der Waals surface area (Å²) in [4.78, 5) is 10.9. The molecule has 1 aliphatic heterocycles. The van der Waals surface area contributed by atoms with Gasteiger partial charge in [0.05, 0.1) is 23.1 Å². The zero-order chi connectivity index (χ0) is 16.0. The number of hydrogen-bond donors (Lipinski definition) is 1. The van der Waals surface area contributed by atoms with Crippen LogP contribution in [-0.2, 0) is 20.8 Å². The number of alkyl halides is 3. The number of methoxy groups -OCH3 is 1. The fourth-order valence-corrected chi connectivity index (χ4v) is 3.53. The summed E-state index contributed by atoms with van der Waals surface area (Å²) in [6, 6.07) is 1.07. The average Bonchev–Trinajstić information content (AvgIpc) is 2.66. The number of ether oxygens (including phenoxy) is 1. The summed E-state index contributed by atoms with van der Waals surface area (Å²) in [5.41, 5.74) is -3.05. The summed E-state index contributed by atoms with van der Waals surface area (Å²) in [6.45, 7) is 0. The van der Waals surface area contributed by atoms with Gasteiger partial charge in [-0.1, -0.05) is 5.16 Å². The van der Waals surface area contributed by atoms with Crippen LogP contribution >= 0.6 is 0 Å². The lowest BCUT2D eigenvalue weighted by Gasteiger charge is -2.13. The van der Waals surface area contributed by atoms with Gasteiger partial charge in [0.25, 0.3) is 0 Å². The molecule has 0 saturated heterocycles. The van der Waals surface area contributed by atoms with Gasteiger partial charge < -0.3 is 9.94 Å². The van der Waals surface area contributed by atoms with Crippen molar-refractivity contribution in [3.05, 3.63) is 28.8 Å². The van der Waals surface area contributed by atoms with Gasteiger partial charge in [-0.2, -0.15) is 13.2 Å². The molecule has 10 heteroatoms. The van der Waals surface area contributed by atoms with Crippen LogP contribution in [-0.4, -0.2) is 38.2 Å². The summed E-state index contributed by atoms with van der Waals surface area (Å²) in [5, 5.41) is 11.4. The molecular weight excluding hydrogens is 315 g/mol. The van der Waals surface area contributed by atoms with Gasteiger partial charge in [0.1, 0.15) is 11.5 Å². The van der Waals surface area contributed by atoms with Crippen molar-refractivity contribution in [1.82, 2.24) is 0 Å². The fraction of sp³-hybridized carbons (Fsp3) is 0.273. The maximum atomic E-state index is 13.0. The zero-order valence-electron chi connectivity index (χ0n) is 10.4. The van der Waals surface area contributed by atoms with Gasteiger partial charge >= 0.3 is 12.1 Å². The smallest absolute Gasteiger partial charge is 0.417 e. The number of nitrogens with zero attached hydrogens (tertiary/aromatic N) is 1. The van der Waals surface area contributed by atoms with Crippen molar-refractivity contribution < 1.29 is 36.3 Å². The lowest BCUT2D eigenvalue weighted by atomic mass is 10.0. The van der Waals surface area contributed by atoms with E-state index in [1.54, 1.807) is 0 Å². The van der Waals surface area contributed by atoms with Crippen molar-refractivity contribution in [2.45, 2.75) is 11.1 Å². The first-order chi connectivity index (χ1) is 9.61. The number of carbonyl (C=O) groups excluding carboxylic acids is 1. The van der Waals surface area contributed by atoms with E-state index in [1.165, 1.54) is 0 Å². The third kappa shape index (κ3) is 2.46. The molecule has 21 heavy (non-hydrogen) atoms. The first kappa shape index (κ1) is 15.3. The Morgan fingerprint density at radius 1 is 1.38 bits per heavy atom. The van der Waals surface area contributed by atoms with E-state index in [0.29, 0.717) is 12.1 Å². The Morgan fingerprint density at radius 3 is 2.48 bits per heavy atom. The van der Waals surface area contributed by atoms with E-state index >= 15 is 0 Å². The summed E-state index contributed by atoms with van der Waals surface area (Å²) in [6.07, 6.45) is -4.90. The van der Waals surface area contributed by atoms with Crippen molar-refractivity contribution in [2.24, 2.45) is 5.16 Å². The molecule has 0 amide bonds. The fourth-order valence-electron chi connectivity index (χ4n) is 1.99. The molecule has 6 nitrogen and oxygen atoms in total. The molecule has 2 rings (SSSR count). The van der Waals surface area contributed by atoms with Gasteiger partial charge in [0.15, 0.2) is 9.84 Å². The highest BCUT2D eigenvalue weighted by Gasteiger charge is 2.41. The topological polar surface area (TPSA) is 93.0 Å². The Hall–Kier alpha value is -2.10. The van der Waals surface area contributed by atoms with E-state index in [-0.39, 0.29) is 5.56 Å². The summed E-state index contributed by atoms with van der Waals surface area (Å²) in [7, 11) is -3.08. The van der Waals surface area contributed by atoms with Crippen LogP contribution in [0.5, 0.6) is 0 Å². The maximum Gasteiger partial charge on any atom is 0.417 e. The molecule has 1 aromatic rings. The molecule has 0 saturated carbocycles. The van der Waals surface area contributed by atoms with Crippen molar-refractivity contribution >= 4 is 21.5 Å². The molecule has 1 N–H and O–H groups in total. The maximum absolute atomic E-state index is 13.0. The highest BCUT2D eigenvalue weighted by Crippen LogP contribution is 2.37. The lowest BCUT2D eigenvalue weighted by Crippen LogP contribution is -2.16. The lowest BCUT2D eigenvalue weighted by molar-refractivity contribution is -0.138. The summed E-state index contributed by atoms with van der Waals surface area (Å²) in [5.74, 6) is -2.05. The number of oxime groups is 1. The molecule has 114 valence electrons. The molecule has 0 radical (unpaired) electrons. The Labute approximate surface area is 116 Å². The Morgan fingerprint density at radius 2 is 2.00 bits per heavy atom. The SMILES string of the molecule is COC(=O)c1cc2c(cc1C(F)(F)F)/C(=N/O)CS2(=O)=O. The number of rotatable bonds is 1. The highest BCUT2D eigenvalue weighted by molar-refractivity contribution is 7.92. The van der Waals surface area contributed by atoms with Gasteiger partial charge in [-0.3, -0.25) is 0 Å². The van der Waals surface area contributed by atoms with Crippen LogP contribution in [0.25, 0.3) is 0 Å². The third-order valence-electron chi connectivity index (χ3n) is 2.92. The number of fused-ring (bicyclic) bond motifs is 1.